The normalized spacial score (nSPS) is 15.9. The highest BCUT2D eigenvalue weighted by molar-refractivity contribution is 7.89. The van der Waals surface area contributed by atoms with Gasteiger partial charge in [0.25, 0.3) is 0 Å². The number of nitrogens with zero attached hydrogens (tertiary/aromatic N) is 1. The van der Waals surface area contributed by atoms with Crippen LogP contribution in [0.15, 0.2) is 47.4 Å². The smallest absolute Gasteiger partial charge is 0.241 e. The van der Waals surface area contributed by atoms with E-state index in [1.165, 1.54) is 0 Å². The second kappa shape index (κ2) is 9.09. The highest BCUT2D eigenvalue weighted by atomic mass is 32.2. The predicted octanol–water partition coefficient (Wildman–Crippen LogP) is 3.51. The molecule has 0 bridgehead atoms. The van der Waals surface area contributed by atoms with Gasteiger partial charge >= 0.3 is 0 Å². The van der Waals surface area contributed by atoms with Gasteiger partial charge in [0, 0.05) is 13.1 Å². The van der Waals surface area contributed by atoms with Crippen LogP contribution >= 0.6 is 0 Å². The molecule has 6 heteroatoms. The molecule has 1 fully saturated rings. The number of likely N-dealkylation sites (tertiary alicyclic amines) is 1. The number of piperidine rings is 1. The number of sulfonamides is 1. The largest absolute Gasteiger partial charge is 0.341 e. The zero-order valence-corrected chi connectivity index (χ0v) is 18.3. The molecule has 1 heterocycles. The highest BCUT2D eigenvalue weighted by Gasteiger charge is 2.31. The molecular formula is C23H30N2O3S. The summed E-state index contributed by atoms with van der Waals surface area (Å²) in [6.07, 6.45) is 3.37. The minimum absolute atomic E-state index is 0.139. The van der Waals surface area contributed by atoms with Gasteiger partial charge in [0.2, 0.25) is 15.9 Å². The van der Waals surface area contributed by atoms with Crippen LogP contribution in [0.1, 0.15) is 41.5 Å². The van der Waals surface area contributed by atoms with Gasteiger partial charge in [0.15, 0.2) is 0 Å². The molecule has 0 spiro atoms. The molecule has 5 nitrogen and oxygen atoms in total. The van der Waals surface area contributed by atoms with E-state index in [0.29, 0.717) is 30.6 Å². The molecule has 2 aromatic carbocycles. The van der Waals surface area contributed by atoms with Crippen LogP contribution in [0.3, 0.4) is 0 Å². The van der Waals surface area contributed by atoms with E-state index in [0.717, 1.165) is 30.4 Å². The molecule has 0 radical (unpaired) electrons. The van der Waals surface area contributed by atoms with Gasteiger partial charge in [-0.25, -0.2) is 8.42 Å². The zero-order chi connectivity index (χ0) is 21.0. The Bertz CT molecular complexity index is 942. The maximum atomic E-state index is 13.3. The molecule has 29 heavy (non-hydrogen) atoms. The van der Waals surface area contributed by atoms with Crippen LogP contribution in [0.2, 0.25) is 0 Å². The minimum atomic E-state index is -3.84. The lowest BCUT2D eigenvalue weighted by atomic mass is 10.0. The molecule has 1 saturated heterocycles. The minimum Gasteiger partial charge on any atom is -0.341 e. The number of nitrogens with one attached hydrogen (secondary N) is 1. The Morgan fingerprint density at radius 1 is 1.00 bits per heavy atom. The van der Waals surface area contributed by atoms with Crippen molar-refractivity contribution in [2.75, 3.05) is 13.1 Å². The van der Waals surface area contributed by atoms with E-state index in [4.69, 9.17) is 0 Å². The van der Waals surface area contributed by atoms with Crippen molar-refractivity contribution in [2.24, 2.45) is 0 Å². The molecule has 0 aromatic heterocycles. The topological polar surface area (TPSA) is 66.5 Å². The van der Waals surface area contributed by atoms with Gasteiger partial charge in [-0.2, -0.15) is 4.72 Å². The van der Waals surface area contributed by atoms with Crippen LogP contribution in [0.25, 0.3) is 0 Å². The molecular weight excluding hydrogens is 384 g/mol. The Balaban J connectivity index is 1.92. The van der Waals surface area contributed by atoms with Crippen molar-refractivity contribution in [1.82, 2.24) is 9.62 Å². The molecule has 1 aliphatic heterocycles. The first-order chi connectivity index (χ1) is 13.8. The van der Waals surface area contributed by atoms with Crippen molar-refractivity contribution in [1.29, 1.82) is 0 Å². The van der Waals surface area contributed by atoms with Crippen LogP contribution in [0, 0.1) is 20.8 Å². The van der Waals surface area contributed by atoms with Crippen molar-refractivity contribution < 1.29 is 13.2 Å². The molecule has 1 atom stereocenters. The average Bonchev–Trinajstić information content (AvgIpc) is 2.67. The number of hydrogen-bond acceptors (Lipinski definition) is 3. The second-order valence-electron chi connectivity index (χ2n) is 7.98. The first-order valence-corrected chi connectivity index (χ1v) is 11.7. The van der Waals surface area contributed by atoms with Crippen LogP contribution in [0.4, 0.5) is 0 Å². The van der Waals surface area contributed by atoms with Crippen molar-refractivity contribution in [2.45, 2.75) is 57.4 Å². The van der Waals surface area contributed by atoms with Gasteiger partial charge < -0.3 is 4.90 Å². The third-order valence-corrected chi connectivity index (χ3v) is 7.20. The van der Waals surface area contributed by atoms with Crippen LogP contribution in [-0.4, -0.2) is 38.4 Å². The number of rotatable bonds is 6. The lowest BCUT2D eigenvalue weighted by Crippen LogP contribution is -2.51. The lowest BCUT2D eigenvalue weighted by Gasteiger charge is -2.31. The van der Waals surface area contributed by atoms with E-state index in [2.05, 4.69) is 4.72 Å². The highest BCUT2D eigenvalue weighted by Crippen LogP contribution is 2.23. The molecule has 0 aliphatic carbocycles. The summed E-state index contributed by atoms with van der Waals surface area (Å²) in [7, 11) is -3.84. The molecule has 0 saturated carbocycles. The summed E-state index contributed by atoms with van der Waals surface area (Å²) in [5.74, 6) is -0.139. The molecule has 1 aliphatic rings. The number of hydrogen-bond donors (Lipinski definition) is 1. The van der Waals surface area contributed by atoms with E-state index in [1.807, 2.05) is 49.4 Å². The average molecular weight is 415 g/mol. The van der Waals surface area contributed by atoms with Gasteiger partial charge in [0.05, 0.1) is 4.90 Å². The monoisotopic (exact) mass is 414 g/mol. The fourth-order valence-electron chi connectivity index (χ4n) is 4.20. The molecule has 0 unspecified atom stereocenters. The van der Waals surface area contributed by atoms with Crippen molar-refractivity contribution in [3.05, 3.63) is 64.7 Å². The lowest BCUT2D eigenvalue weighted by molar-refractivity contribution is -0.133. The third kappa shape index (κ3) is 5.25. The Morgan fingerprint density at radius 2 is 1.59 bits per heavy atom. The number of carbonyl (C=O) groups excluding carboxylic acids is 1. The number of amides is 1. The summed E-state index contributed by atoms with van der Waals surface area (Å²) in [5, 5.41) is 0. The maximum absolute atomic E-state index is 13.3. The maximum Gasteiger partial charge on any atom is 0.241 e. The van der Waals surface area contributed by atoms with E-state index in [1.54, 1.807) is 18.7 Å². The van der Waals surface area contributed by atoms with Crippen LogP contribution in [-0.2, 0) is 21.2 Å². The second-order valence-corrected chi connectivity index (χ2v) is 9.63. The fraction of sp³-hybridized carbons (Fsp3) is 0.435. The molecule has 3 rings (SSSR count). The first-order valence-electron chi connectivity index (χ1n) is 10.2. The number of carbonyl (C=O) groups is 1. The third-order valence-electron chi connectivity index (χ3n) is 5.42. The summed E-state index contributed by atoms with van der Waals surface area (Å²) in [4.78, 5) is 15.3. The summed E-state index contributed by atoms with van der Waals surface area (Å²) >= 11 is 0. The Morgan fingerprint density at radius 3 is 2.17 bits per heavy atom. The first kappa shape index (κ1) is 21.5. The predicted molar refractivity (Wildman–Crippen MR) is 115 cm³/mol. The SMILES string of the molecule is Cc1cc(C)c(S(=O)(=O)N[C@@H](Cc2ccccc2)C(=O)N2CCCCC2)c(C)c1. The summed E-state index contributed by atoms with van der Waals surface area (Å²) in [6, 6.07) is 12.5. The van der Waals surface area contributed by atoms with Crippen molar-refractivity contribution in [3.8, 4) is 0 Å². The Kier molecular flexibility index (Phi) is 6.75. The van der Waals surface area contributed by atoms with Crippen LogP contribution in [0.5, 0.6) is 0 Å². The Hall–Kier alpha value is -2.18. The quantitative estimate of drug-likeness (QED) is 0.787. The summed E-state index contributed by atoms with van der Waals surface area (Å²) < 4.78 is 29.3. The number of benzene rings is 2. The standard InChI is InChI=1S/C23H30N2O3S/c1-17-14-18(2)22(19(3)15-17)29(27,28)24-21(16-20-10-6-4-7-11-20)23(26)25-12-8-5-9-13-25/h4,6-7,10-11,14-15,21,24H,5,8-9,12-13,16H2,1-3H3/t21-/m0/s1. The molecule has 156 valence electrons. The van der Waals surface area contributed by atoms with Gasteiger partial charge in [0.1, 0.15) is 6.04 Å². The summed E-state index contributed by atoms with van der Waals surface area (Å²) in [5.41, 5.74) is 3.34. The van der Waals surface area contributed by atoms with Crippen molar-refractivity contribution >= 4 is 15.9 Å². The molecule has 1 amide bonds. The van der Waals surface area contributed by atoms with E-state index in [9.17, 15) is 13.2 Å². The van der Waals surface area contributed by atoms with Gasteiger partial charge in [-0.1, -0.05) is 48.0 Å². The van der Waals surface area contributed by atoms with E-state index >= 15 is 0 Å². The molecule has 1 N–H and O–H groups in total. The van der Waals surface area contributed by atoms with E-state index in [-0.39, 0.29) is 10.8 Å². The zero-order valence-electron chi connectivity index (χ0n) is 17.4. The summed E-state index contributed by atoms with van der Waals surface area (Å²) in [6.45, 7) is 6.92. The van der Waals surface area contributed by atoms with Crippen LogP contribution < -0.4 is 4.72 Å². The van der Waals surface area contributed by atoms with Gasteiger partial charge in [-0.05, 0) is 63.1 Å². The van der Waals surface area contributed by atoms with Crippen molar-refractivity contribution in [3.63, 3.8) is 0 Å². The van der Waals surface area contributed by atoms with E-state index < -0.39 is 16.1 Å². The van der Waals surface area contributed by atoms with Gasteiger partial charge in [-0.15, -0.1) is 0 Å². The fourth-order valence-corrected chi connectivity index (χ4v) is 5.84. The molecule has 2 aromatic rings. The Labute approximate surface area is 174 Å². The number of aryl methyl sites for hydroxylation is 3. The van der Waals surface area contributed by atoms with Gasteiger partial charge in [-0.3, -0.25) is 4.79 Å².